The van der Waals surface area contributed by atoms with E-state index in [0.29, 0.717) is 35.9 Å². The normalized spacial score (nSPS) is 15.1. The van der Waals surface area contributed by atoms with Crippen LogP contribution in [-0.4, -0.2) is 34.9 Å². The van der Waals surface area contributed by atoms with E-state index in [1.807, 2.05) is 50.2 Å². The number of fused-ring (bicyclic) bond motifs is 2. The first-order valence-electron chi connectivity index (χ1n) is 10.3. The van der Waals surface area contributed by atoms with E-state index in [4.69, 9.17) is 9.72 Å². The summed E-state index contributed by atoms with van der Waals surface area (Å²) < 4.78 is 5.63. The number of nitrogens with one attached hydrogen (secondary N) is 1. The standard InChI is InChI=1S/C24H22N4O3/c1-14-7-9-25-15(2)19(14)12-28-22(29)13-31-21-6-5-20(27-23(21)28)17-4-3-16-8-10-26-24(30)18(16)11-17/h3-7,9,11H,8,10,12-13H2,1-2H3,(H,26,30). The first-order valence-corrected chi connectivity index (χ1v) is 10.3. The van der Waals surface area contributed by atoms with Crippen LogP contribution in [0.4, 0.5) is 5.82 Å². The highest BCUT2D eigenvalue weighted by atomic mass is 16.5. The highest BCUT2D eigenvalue weighted by Gasteiger charge is 2.29. The van der Waals surface area contributed by atoms with Crippen LogP contribution in [-0.2, 0) is 17.8 Å². The number of aryl methyl sites for hydroxylation is 2. The van der Waals surface area contributed by atoms with Gasteiger partial charge in [0.05, 0.1) is 12.2 Å². The highest BCUT2D eigenvalue weighted by Crippen LogP contribution is 2.35. The molecule has 0 saturated carbocycles. The molecular formula is C24H22N4O3. The Labute approximate surface area is 180 Å². The molecule has 0 fully saturated rings. The number of carbonyl (C=O) groups excluding carboxylic acids is 2. The number of hydrogen-bond acceptors (Lipinski definition) is 5. The molecule has 7 nitrogen and oxygen atoms in total. The summed E-state index contributed by atoms with van der Waals surface area (Å²) in [4.78, 5) is 35.8. The van der Waals surface area contributed by atoms with E-state index in [-0.39, 0.29) is 18.4 Å². The maximum atomic E-state index is 12.8. The molecule has 156 valence electrons. The van der Waals surface area contributed by atoms with Crippen LogP contribution in [0.1, 0.15) is 32.7 Å². The van der Waals surface area contributed by atoms with Crippen molar-refractivity contribution in [3.05, 3.63) is 70.5 Å². The van der Waals surface area contributed by atoms with Gasteiger partial charge in [0.25, 0.3) is 11.8 Å². The fraction of sp³-hybridized carbons (Fsp3) is 0.250. The Hall–Kier alpha value is -3.74. The summed E-state index contributed by atoms with van der Waals surface area (Å²) in [6.07, 6.45) is 2.59. The van der Waals surface area contributed by atoms with Gasteiger partial charge in [0.2, 0.25) is 0 Å². The SMILES string of the molecule is Cc1ccnc(C)c1CN1C(=O)COc2ccc(-c3ccc4c(c3)C(=O)NCC4)nc21. The minimum Gasteiger partial charge on any atom is -0.480 e. The second-order valence-electron chi connectivity index (χ2n) is 7.86. The fourth-order valence-electron chi connectivity index (χ4n) is 4.09. The third kappa shape index (κ3) is 3.42. The molecule has 0 spiro atoms. The topological polar surface area (TPSA) is 84.4 Å². The number of hydrogen-bond donors (Lipinski definition) is 1. The molecule has 2 aromatic heterocycles. The number of nitrogens with zero attached hydrogens (tertiary/aromatic N) is 3. The van der Waals surface area contributed by atoms with Crippen LogP contribution in [0.2, 0.25) is 0 Å². The van der Waals surface area contributed by atoms with Crippen LogP contribution < -0.4 is 15.0 Å². The Morgan fingerprint density at radius 2 is 2.00 bits per heavy atom. The van der Waals surface area contributed by atoms with Crippen LogP contribution >= 0.6 is 0 Å². The molecule has 0 saturated heterocycles. The van der Waals surface area contributed by atoms with E-state index in [1.54, 1.807) is 11.1 Å². The summed E-state index contributed by atoms with van der Waals surface area (Å²) >= 11 is 0. The molecule has 7 heteroatoms. The molecule has 0 bridgehead atoms. The first kappa shape index (κ1) is 19.2. The number of pyridine rings is 2. The Bertz CT molecular complexity index is 1200. The van der Waals surface area contributed by atoms with Gasteiger partial charge < -0.3 is 10.1 Å². The number of anilines is 1. The molecule has 0 radical (unpaired) electrons. The van der Waals surface area contributed by atoms with E-state index in [0.717, 1.165) is 34.4 Å². The minimum atomic E-state index is -0.148. The lowest BCUT2D eigenvalue weighted by atomic mass is 9.96. The predicted molar refractivity (Wildman–Crippen MR) is 116 cm³/mol. The van der Waals surface area contributed by atoms with Crippen molar-refractivity contribution in [3.8, 4) is 17.0 Å². The number of ether oxygens (including phenoxy) is 1. The Kier molecular flexibility index (Phi) is 4.66. The number of carbonyl (C=O) groups is 2. The number of benzene rings is 1. The minimum absolute atomic E-state index is 0.0224. The van der Waals surface area contributed by atoms with Crippen LogP contribution in [0, 0.1) is 13.8 Å². The van der Waals surface area contributed by atoms with Gasteiger partial charge >= 0.3 is 0 Å². The largest absolute Gasteiger partial charge is 0.480 e. The molecule has 1 N–H and O–H groups in total. The maximum Gasteiger partial charge on any atom is 0.266 e. The smallest absolute Gasteiger partial charge is 0.266 e. The van der Waals surface area contributed by atoms with Gasteiger partial charge in [-0.2, -0.15) is 0 Å². The van der Waals surface area contributed by atoms with E-state index in [2.05, 4.69) is 10.3 Å². The highest BCUT2D eigenvalue weighted by molar-refractivity contribution is 5.98. The number of aromatic nitrogens is 2. The monoisotopic (exact) mass is 414 g/mol. The van der Waals surface area contributed by atoms with Crippen LogP contribution in [0.3, 0.4) is 0 Å². The molecular weight excluding hydrogens is 392 g/mol. The summed E-state index contributed by atoms with van der Waals surface area (Å²) in [5.74, 6) is 0.838. The molecule has 4 heterocycles. The molecule has 2 amide bonds. The zero-order chi connectivity index (χ0) is 21.5. The van der Waals surface area contributed by atoms with Gasteiger partial charge in [-0.25, -0.2) is 4.98 Å². The van der Waals surface area contributed by atoms with Crippen LogP contribution in [0.25, 0.3) is 11.3 Å². The molecule has 0 aliphatic carbocycles. The van der Waals surface area contributed by atoms with Gasteiger partial charge in [-0.05, 0) is 61.2 Å². The summed E-state index contributed by atoms with van der Waals surface area (Å²) in [5.41, 5.74) is 6.18. The van der Waals surface area contributed by atoms with Crippen molar-refractivity contribution < 1.29 is 14.3 Å². The Morgan fingerprint density at radius 3 is 2.84 bits per heavy atom. The number of rotatable bonds is 3. The van der Waals surface area contributed by atoms with Crippen LogP contribution in [0.5, 0.6) is 5.75 Å². The zero-order valence-electron chi connectivity index (χ0n) is 17.4. The van der Waals surface area contributed by atoms with Gasteiger partial charge in [-0.1, -0.05) is 12.1 Å². The molecule has 1 aromatic carbocycles. The van der Waals surface area contributed by atoms with Gasteiger partial charge in [0.1, 0.15) is 0 Å². The molecule has 3 aromatic rings. The van der Waals surface area contributed by atoms with E-state index < -0.39 is 0 Å². The first-order chi connectivity index (χ1) is 15.0. The Morgan fingerprint density at radius 1 is 1.13 bits per heavy atom. The summed E-state index contributed by atoms with van der Waals surface area (Å²) in [6.45, 7) is 4.97. The summed E-state index contributed by atoms with van der Waals surface area (Å²) in [5, 5.41) is 2.88. The van der Waals surface area contributed by atoms with Gasteiger partial charge in [0.15, 0.2) is 18.2 Å². The lowest BCUT2D eigenvalue weighted by Crippen LogP contribution is -2.39. The van der Waals surface area contributed by atoms with Crippen molar-refractivity contribution in [2.75, 3.05) is 18.1 Å². The van der Waals surface area contributed by atoms with E-state index in [1.165, 1.54) is 0 Å². The van der Waals surface area contributed by atoms with Gasteiger partial charge in [-0.3, -0.25) is 19.5 Å². The molecule has 0 unspecified atom stereocenters. The van der Waals surface area contributed by atoms with Crippen LogP contribution in [0.15, 0.2) is 42.6 Å². The summed E-state index contributed by atoms with van der Waals surface area (Å²) in [6, 6.07) is 11.4. The average molecular weight is 414 g/mol. The van der Waals surface area contributed by atoms with Crippen molar-refractivity contribution in [1.29, 1.82) is 0 Å². The van der Waals surface area contributed by atoms with E-state index in [9.17, 15) is 9.59 Å². The van der Waals surface area contributed by atoms with Crippen molar-refractivity contribution in [2.24, 2.45) is 0 Å². The molecule has 5 rings (SSSR count). The average Bonchev–Trinajstić information content (AvgIpc) is 2.77. The zero-order valence-corrected chi connectivity index (χ0v) is 17.4. The van der Waals surface area contributed by atoms with Crippen molar-refractivity contribution in [2.45, 2.75) is 26.8 Å². The molecule has 31 heavy (non-hydrogen) atoms. The van der Waals surface area contributed by atoms with Crippen molar-refractivity contribution in [1.82, 2.24) is 15.3 Å². The third-order valence-electron chi connectivity index (χ3n) is 5.90. The molecule has 2 aliphatic heterocycles. The lowest BCUT2D eigenvalue weighted by molar-refractivity contribution is -0.121. The summed E-state index contributed by atoms with van der Waals surface area (Å²) in [7, 11) is 0. The lowest BCUT2D eigenvalue weighted by Gasteiger charge is -2.29. The fourth-order valence-corrected chi connectivity index (χ4v) is 4.09. The quantitative estimate of drug-likeness (QED) is 0.712. The third-order valence-corrected chi connectivity index (χ3v) is 5.90. The second-order valence-corrected chi connectivity index (χ2v) is 7.86. The van der Waals surface area contributed by atoms with Gasteiger partial charge in [0, 0.05) is 29.6 Å². The van der Waals surface area contributed by atoms with Gasteiger partial charge in [-0.15, -0.1) is 0 Å². The second kappa shape index (κ2) is 7.50. The molecule has 2 aliphatic rings. The predicted octanol–water partition coefficient (Wildman–Crippen LogP) is 2.97. The van der Waals surface area contributed by atoms with Crippen molar-refractivity contribution in [3.63, 3.8) is 0 Å². The van der Waals surface area contributed by atoms with E-state index >= 15 is 0 Å². The number of amides is 2. The molecule has 0 atom stereocenters. The Balaban J connectivity index is 1.55. The maximum absolute atomic E-state index is 12.8. The van der Waals surface area contributed by atoms with Crippen molar-refractivity contribution >= 4 is 17.6 Å².